The fourth-order valence-corrected chi connectivity index (χ4v) is 3.77. The van der Waals surface area contributed by atoms with Crippen molar-refractivity contribution < 1.29 is 19.1 Å². The van der Waals surface area contributed by atoms with E-state index >= 15 is 0 Å². The number of hydrogen-bond acceptors (Lipinski definition) is 6. The molecule has 9 nitrogen and oxygen atoms in total. The molecule has 2 N–H and O–H groups in total. The molecule has 3 atom stereocenters. The lowest BCUT2D eigenvalue weighted by molar-refractivity contribution is -0.144. The van der Waals surface area contributed by atoms with Gasteiger partial charge in [0.2, 0.25) is 17.8 Å². The highest BCUT2D eigenvalue weighted by Gasteiger charge is 2.45. The molecule has 0 saturated carbocycles. The van der Waals surface area contributed by atoms with Crippen LogP contribution in [0.15, 0.2) is 18.5 Å². The molecule has 0 aliphatic carbocycles. The van der Waals surface area contributed by atoms with Gasteiger partial charge in [0.15, 0.2) is 0 Å². The minimum atomic E-state index is -0.808. The van der Waals surface area contributed by atoms with Crippen LogP contribution >= 0.6 is 0 Å². The Morgan fingerprint density at radius 1 is 1.37 bits per heavy atom. The summed E-state index contributed by atoms with van der Waals surface area (Å²) in [6, 6.07) is 0.0454. The van der Waals surface area contributed by atoms with Gasteiger partial charge in [-0.15, -0.1) is 5.10 Å². The van der Waals surface area contributed by atoms with Crippen molar-refractivity contribution in [1.29, 1.82) is 0 Å². The summed E-state index contributed by atoms with van der Waals surface area (Å²) in [5.74, 6) is -1.36. The van der Waals surface area contributed by atoms with E-state index in [0.29, 0.717) is 0 Å². The van der Waals surface area contributed by atoms with Gasteiger partial charge in [-0.05, 0) is 24.0 Å². The number of hydrogen-bond donors (Lipinski definition) is 2. The minimum Gasteiger partial charge on any atom is -0.391 e. The van der Waals surface area contributed by atoms with E-state index in [2.05, 4.69) is 20.6 Å². The van der Waals surface area contributed by atoms with Crippen molar-refractivity contribution in [2.75, 3.05) is 13.6 Å². The van der Waals surface area contributed by atoms with Crippen molar-refractivity contribution in [3.8, 4) is 11.3 Å². The van der Waals surface area contributed by atoms with Crippen LogP contribution in [0.4, 0.5) is 4.39 Å². The maximum Gasteiger partial charge on any atom is 0.248 e. The molecular formula is C20H27FN6O3. The standard InChI is InChI=1S/C20H27FN6O3/c1-11-6-13(17(21)23-8-11)14-10-27(25-24-14)16(20(2,3)4)19(30)26-9-12(28)7-15(26)18(29)22-5/h6,8,10,12,15-16,28H,7,9H2,1-5H3,(H,22,29)/t12-,15+,16-/m1/s1. The number of likely N-dealkylation sites (N-methyl/N-ethyl adjacent to an activating group) is 1. The third kappa shape index (κ3) is 4.18. The van der Waals surface area contributed by atoms with Crippen LogP contribution in [0.25, 0.3) is 11.3 Å². The van der Waals surface area contributed by atoms with Gasteiger partial charge in [-0.2, -0.15) is 4.39 Å². The Morgan fingerprint density at radius 3 is 2.70 bits per heavy atom. The molecule has 0 radical (unpaired) electrons. The van der Waals surface area contributed by atoms with Gasteiger partial charge in [0.25, 0.3) is 0 Å². The molecule has 30 heavy (non-hydrogen) atoms. The van der Waals surface area contributed by atoms with Crippen LogP contribution in [0, 0.1) is 18.3 Å². The molecule has 1 aliphatic rings. The van der Waals surface area contributed by atoms with Crippen LogP contribution in [-0.4, -0.2) is 67.5 Å². The zero-order valence-electron chi connectivity index (χ0n) is 17.8. The minimum absolute atomic E-state index is 0.0570. The van der Waals surface area contributed by atoms with E-state index in [1.54, 1.807) is 13.0 Å². The second kappa shape index (κ2) is 8.10. The number of aryl methyl sites for hydroxylation is 1. The molecule has 1 aliphatic heterocycles. The summed E-state index contributed by atoms with van der Waals surface area (Å²) in [7, 11) is 1.49. The van der Waals surface area contributed by atoms with E-state index in [0.717, 1.165) is 5.56 Å². The highest BCUT2D eigenvalue weighted by atomic mass is 19.1. The molecule has 2 aromatic heterocycles. The largest absolute Gasteiger partial charge is 0.391 e. The summed E-state index contributed by atoms with van der Waals surface area (Å²) >= 11 is 0. The Hall–Kier alpha value is -2.88. The quantitative estimate of drug-likeness (QED) is 0.719. The number of likely N-dealkylation sites (tertiary alicyclic amines) is 1. The first-order valence-corrected chi connectivity index (χ1v) is 9.77. The molecule has 1 fully saturated rings. The number of nitrogens with zero attached hydrogens (tertiary/aromatic N) is 5. The highest BCUT2D eigenvalue weighted by molar-refractivity contribution is 5.90. The monoisotopic (exact) mass is 418 g/mol. The lowest BCUT2D eigenvalue weighted by Crippen LogP contribution is -2.49. The van der Waals surface area contributed by atoms with E-state index in [4.69, 9.17) is 0 Å². The molecular weight excluding hydrogens is 391 g/mol. The number of nitrogens with one attached hydrogen (secondary N) is 1. The van der Waals surface area contributed by atoms with Gasteiger partial charge in [0, 0.05) is 26.2 Å². The molecule has 1 saturated heterocycles. The highest BCUT2D eigenvalue weighted by Crippen LogP contribution is 2.35. The van der Waals surface area contributed by atoms with E-state index in [1.807, 2.05) is 20.8 Å². The molecule has 0 bridgehead atoms. The first-order chi connectivity index (χ1) is 14.0. The molecule has 10 heteroatoms. The second-order valence-corrected chi connectivity index (χ2v) is 8.71. The van der Waals surface area contributed by atoms with Crippen molar-refractivity contribution in [3.63, 3.8) is 0 Å². The summed E-state index contributed by atoms with van der Waals surface area (Å²) in [4.78, 5) is 30.8. The molecule has 2 aromatic rings. The van der Waals surface area contributed by atoms with E-state index in [9.17, 15) is 19.1 Å². The average molecular weight is 418 g/mol. The van der Waals surface area contributed by atoms with Crippen molar-refractivity contribution in [2.24, 2.45) is 5.41 Å². The number of amides is 2. The Bertz CT molecular complexity index is 954. The lowest BCUT2D eigenvalue weighted by atomic mass is 9.85. The topological polar surface area (TPSA) is 113 Å². The van der Waals surface area contributed by atoms with Gasteiger partial charge in [-0.25, -0.2) is 9.67 Å². The number of aliphatic hydroxyl groups is 1. The van der Waals surface area contributed by atoms with Crippen LogP contribution < -0.4 is 5.32 Å². The Balaban J connectivity index is 1.98. The fourth-order valence-electron chi connectivity index (χ4n) is 3.77. The lowest BCUT2D eigenvalue weighted by Gasteiger charge is -2.34. The summed E-state index contributed by atoms with van der Waals surface area (Å²) in [5, 5.41) is 20.8. The van der Waals surface area contributed by atoms with Crippen molar-refractivity contribution in [3.05, 3.63) is 30.0 Å². The number of pyridine rings is 1. The molecule has 3 rings (SSSR count). The van der Waals surface area contributed by atoms with Crippen LogP contribution in [0.3, 0.4) is 0 Å². The van der Waals surface area contributed by atoms with Crippen LogP contribution in [0.5, 0.6) is 0 Å². The maximum absolute atomic E-state index is 14.2. The van der Waals surface area contributed by atoms with Crippen molar-refractivity contribution >= 4 is 11.8 Å². The van der Waals surface area contributed by atoms with Gasteiger partial charge in [-0.1, -0.05) is 26.0 Å². The third-order valence-corrected chi connectivity index (χ3v) is 5.19. The predicted octanol–water partition coefficient (Wildman–Crippen LogP) is 1.08. The second-order valence-electron chi connectivity index (χ2n) is 8.71. The molecule has 2 amide bonds. The van der Waals surface area contributed by atoms with Crippen molar-refractivity contribution in [1.82, 2.24) is 30.2 Å². The Labute approximate surface area is 174 Å². The maximum atomic E-state index is 14.2. The Kier molecular flexibility index (Phi) is 5.89. The number of rotatable bonds is 4. The SMILES string of the molecule is CNC(=O)[C@@H]1C[C@@H](O)CN1C(=O)[C@@H](n1cc(-c2cc(C)cnc2F)nn1)C(C)(C)C. The first kappa shape index (κ1) is 21.8. The summed E-state index contributed by atoms with van der Waals surface area (Å²) in [6.45, 7) is 7.45. The van der Waals surface area contributed by atoms with Gasteiger partial charge in [0.05, 0.1) is 17.9 Å². The van der Waals surface area contributed by atoms with E-state index < -0.39 is 29.6 Å². The average Bonchev–Trinajstić information content (AvgIpc) is 3.29. The van der Waals surface area contributed by atoms with E-state index in [-0.39, 0.29) is 36.0 Å². The molecule has 0 aromatic carbocycles. The number of halogens is 1. The number of aromatic nitrogens is 4. The van der Waals surface area contributed by atoms with Gasteiger partial charge >= 0.3 is 0 Å². The van der Waals surface area contributed by atoms with E-state index in [1.165, 1.54) is 29.0 Å². The first-order valence-electron chi connectivity index (χ1n) is 9.77. The van der Waals surface area contributed by atoms with Crippen LogP contribution in [-0.2, 0) is 9.59 Å². The van der Waals surface area contributed by atoms with Crippen molar-refractivity contribution in [2.45, 2.75) is 52.3 Å². The summed E-state index contributed by atoms with van der Waals surface area (Å²) in [6.07, 6.45) is 2.32. The zero-order valence-corrected chi connectivity index (χ0v) is 17.8. The molecule has 162 valence electrons. The number of carbonyl (C=O) groups excluding carboxylic acids is 2. The molecule has 0 spiro atoms. The third-order valence-electron chi connectivity index (χ3n) is 5.19. The van der Waals surface area contributed by atoms with Gasteiger partial charge in [0.1, 0.15) is 17.8 Å². The zero-order chi connectivity index (χ0) is 22.2. The molecule has 3 heterocycles. The molecule has 0 unspecified atom stereocenters. The normalized spacial score (nSPS) is 20.3. The van der Waals surface area contributed by atoms with Gasteiger partial charge in [-0.3, -0.25) is 9.59 Å². The summed E-state index contributed by atoms with van der Waals surface area (Å²) in [5.41, 5.74) is 0.631. The Morgan fingerprint density at radius 2 is 2.07 bits per heavy atom. The fraction of sp³-hybridized carbons (Fsp3) is 0.550. The number of β-amino-alcohol motifs (C(OH)–C–C–N with tert-alkyl or cyclic N) is 1. The smallest absolute Gasteiger partial charge is 0.248 e. The number of carbonyl (C=O) groups is 2. The number of aliphatic hydroxyl groups excluding tert-OH is 1. The van der Waals surface area contributed by atoms with Crippen LogP contribution in [0.2, 0.25) is 0 Å². The predicted molar refractivity (Wildman–Crippen MR) is 107 cm³/mol. The van der Waals surface area contributed by atoms with Crippen LogP contribution in [0.1, 0.15) is 38.8 Å². The summed E-state index contributed by atoms with van der Waals surface area (Å²) < 4.78 is 15.6. The van der Waals surface area contributed by atoms with Gasteiger partial charge < -0.3 is 15.3 Å².